The molecule has 0 spiro atoms. The molecule has 27 heavy (non-hydrogen) atoms. The monoisotopic (exact) mass is 385 g/mol. The van der Waals surface area contributed by atoms with Crippen LogP contribution in [0.1, 0.15) is 5.56 Å². The second-order valence-electron chi connectivity index (χ2n) is 5.76. The number of benzene rings is 2. The second kappa shape index (κ2) is 8.51. The van der Waals surface area contributed by atoms with Crippen LogP contribution in [0.15, 0.2) is 60.8 Å². The van der Waals surface area contributed by atoms with Gasteiger partial charge in [0.15, 0.2) is 0 Å². The Kier molecular flexibility index (Phi) is 5.88. The lowest BCUT2D eigenvalue weighted by atomic mass is 10.1. The average Bonchev–Trinajstić information content (AvgIpc) is 2.63. The number of carbonyl (C=O) groups is 1. The lowest BCUT2D eigenvalue weighted by molar-refractivity contribution is -0.115. The summed E-state index contributed by atoms with van der Waals surface area (Å²) in [7, 11) is 1.56. The van der Waals surface area contributed by atoms with Crippen molar-refractivity contribution in [3.63, 3.8) is 0 Å². The zero-order valence-corrected chi connectivity index (χ0v) is 15.3. The van der Waals surface area contributed by atoms with Crippen LogP contribution < -0.4 is 15.4 Å². The van der Waals surface area contributed by atoms with Gasteiger partial charge >= 0.3 is 0 Å². The summed E-state index contributed by atoms with van der Waals surface area (Å²) in [5, 5.41) is 6.35. The zero-order valence-electron chi connectivity index (χ0n) is 14.5. The minimum Gasteiger partial charge on any atom is -0.495 e. The first-order valence-electron chi connectivity index (χ1n) is 8.14. The third-order valence-corrected chi connectivity index (χ3v) is 4.02. The van der Waals surface area contributed by atoms with Crippen LogP contribution in [0.5, 0.6) is 5.75 Å². The second-order valence-corrected chi connectivity index (χ2v) is 6.17. The molecule has 0 saturated heterocycles. The quantitative estimate of drug-likeness (QED) is 0.639. The molecule has 0 aliphatic carbocycles. The van der Waals surface area contributed by atoms with Crippen LogP contribution in [-0.2, 0) is 11.2 Å². The summed E-state index contributed by atoms with van der Waals surface area (Å²) < 4.78 is 18.3. The van der Waals surface area contributed by atoms with Gasteiger partial charge in [0.25, 0.3) is 0 Å². The van der Waals surface area contributed by atoms with E-state index in [0.717, 1.165) is 11.4 Å². The van der Waals surface area contributed by atoms with E-state index in [2.05, 4.69) is 15.6 Å². The average molecular weight is 386 g/mol. The van der Waals surface area contributed by atoms with E-state index in [1.165, 1.54) is 12.1 Å². The largest absolute Gasteiger partial charge is 0.495 e. The molecule has 7 heteroatoms. The molecule has 0 aliphatic rings. The summed E-state index contributed by atoms with van der Waals surface area (Å²) in [5.74, 6) is 0.370. The molecule has 0 radical (unpaired) electrons. The van der Waals surface area contributed by atoms with Crippen molar-refractivity contribution in [2.45, 2.75) is 6.42 Å². The molecule has 5 nitrogen and oxygen atoms in total. The molecule has 2 aromatic carbocycles. The van der Waals surface area contributed by atoms with Gasteiger partial charge in [-0.15, -0.1) is 0 Å². The number of rotatable bonds is 6. The highest BCUT2D eigenvalue weighted by atomic mass is 35.5. The Morgan fingerprint density at radius 3 is 2.63 bits per heavy atom. The third-order valence-electron chi connectivity index (χ3n) is 3.73. The number of pyridine rings is 1. The van der Waals surface area contributed by atoms with E-state index < -0.39 is 0 Å². The topological polar surface area (TPSA) is 63.2 Å². The Labute approximate surface area is 161 Å². The fourth-order valence-corrected chi connectivity index (χ4v) is 2.73. The first-order chi connectivity index (χ1) is 13.0. The van der Waals surface area contributed by atoms with Crippen molar-refractivity contribution in [3.8, 4) is 5.75 Å². The third kappa shape index (κ3) is 5.18. The van der Waals surface area contributed by atoms with Crippen molar-refractivity contribution in [3.05, 3.63) is 77.2 Å². The minimum absolute atomic E-state index is 0.0732. The van der Waals surface area contributed by atoms with Crippen LogP contribution in [0.25, 0.3) is 0 Å². The van der Waals surface area contributed by atoms with Gasteiger partial charge in [-0.2, -0.15) is 0 Å². The standard InChI is InChI=1S/C20H17ClFN3O2/c1-27-18-7-5-15(11-17(18)21)24-16-6-8-19(23-12-16)25-20(26)10-13-3-2-4-14(22)9-13/h2-9,11-12,24H,10H2,1H3,(H,23,25,26). The number of ether oxygens (including phenoxy) is 1. The summed E-state index contributed by atoms with van der Waals surface area (Å²) in [6.45, 7) is 0. The molecule has 1 aromatic heterocycles. The summed E-state index contributed by atoms with van der Waals surface area (Å²) in [5.41, 5.74) is 2.12. The van der Waals surface area contributed by atoms with Crippen LogP contribution in [0.3, 0.4) is 0 Å². The summed E-state index contributed by atoms with van der Waals surface area (Å²) in [6.07, 6.45) is 1.67. The van der Waals surface area contributed by atoms with Gasteiger partial charge in [-0.1, -0.05) is 23.7 Å². The molecule has 0 saturated carbocycles. The van der Waals surface area contributed by atoms with E-state index >= 15 is 0 Å². The first kappa shape index (κ1) is 18.7. The highest BCUT2D eigenvalue weighted by Gasteiger charge is 2.07. The SMILES string of the molecule is COc1ccc(Nc2ccc(NC(=O)Cc3cccc(F)c3)nc2)cc1Cl. The van der Waals surface area contributed by atoms with Gasteiger partial charge < -0.3 is 15.4 Å². The Balaban J connectivity index is 1.60. The van der Waals surface area contributed by atoms with Gasteiger partial charge in [0, 0.05) is 5.69 Å². The summed E-state index contributed by atoms with van der Waals surface area (Å²) in [6, 6.07) is 14.7. The lowest BCUT2D eigenvalue weighted by Gasteiger charge is -2.10. The van der Waals surface area contributed by atoms with Gasteiger partial charge in [0.1, 0.15) is 17.4 Å². The van der Waals surface area contributed by atoms with Crippen LogP contribution >= 0.6 is 11.6 Å². The van der Waals surface area contributed by atoms with Gasteiger partial charge in [0.2, 0.25) is 5.91 Å². The van der Waals surface area contributed by atoms with Crippen LogP contribution in [0.2, 0.25) is 5.02 Å². The number of nitrogens with one attached hydrogen (secondary N) is 2. The number of amides is 1. The maximum absolute atomic E-state index is 13.2. The Morgan fingerprint density at radius 1 is 1.15 bits per heavy atom. The van der Waals surface area contributed by atoms with E-state index in [-0.39, 0.29) is 18.1 Å². The molecule has 3 aromatic rings. The Bertz CT molecular complexity index is 948. The molecule has 0 atom stereocenters. The van der Waals surface area contributed by atoms with E-state index in [9.17, 15) is 9.18 Å². The summed E-state index contributed by atoms with van der Waals surface area (Å²) in [4.78, 5) is 16.3. The van der Waals surface area contributed by atoms with Gasteiger partial charge in [-0.05, 0) is 48.0 Å². The molecule has 0 fully saturated rings. The predicted octanol–water partition coefficient (Wildman–Crippen LogP) is 4.81. The van der Waals surface area contributed by atoms with Crippen molar-refractivity contribution < 1.29 is 13.9 Å². The predicted molar refractivity (Wildman–Crippen MR) is 104 cm³/mol. The molecule has 0 bridgehead atoms. The summed E-state index contributed by atoms with van der Waals surface area (Å²) >= 11 is 6.10. The number of nitrogens with zero attached hydrogens (tertiary/aromatic N) is 1. The van der Waals surface area contributed by atoms with Crippen molar-refractivity contribution in [2.24, 2.45) is 0 Å². The highest BCUT2D eigenvalue weighted by Crippen LogP contribution is 2.28. The fraction of sp³-hybridized carbons (Fsp3) is 0.100. The fourth-order valence-electron chi connectivity index (χ4n) is 2.47. The molecule has 0 aliphatic heterocycles. The molecule has 138 valence electrons. The van der Waals surface area contributed by atoms with Crippen LogP contribution in [0.4, 0.5) is 21.6 Å². The number of methoxy groups -OCH3 is 1. The van der Waals surface area contributed by atoms with Gasteiger partial charge in [-0.3, -0.25) is 4.79 Å². The van der Waals surface area contributed by atoms with Crippen LogP contribution in [-0.4, -0.2) is 18.0 Å². The minimum atomic E-state index is -0.368. The molecule has 2 N–H and O–H groups in total. The normalized spacial score (nSPS) is 10.3. The Hall–Kier alpha value is -3.12. The smallest absolute Gasteiger partial charge is 0.229 e. The van der Waals surface area contributed by atoms with Gasteiger partial charge in [0.05, 0.1) is 30.4 Å². The molecule has 1 heterocycles. The molecular weight excluding hydrogens is 369 g/mol. The van der Waals surface area contributed by atoms with Crippen molar-refractivity contribution in [1.29, 1.82) is 0 Å². The number of aromatic nitrogens is 1. The molecule has 0 unspecified atom stereocenters. The van der Waals surface area contributed by atoms with E-state index in [1.54, 1.807) is 49.7 Å². The maximum Gasteiger partial charge on any atom is 0.229 e. The molecule has 1 amide bonds. The number of anilines is 3. The molecular formula is C20H17ClFN3O2. The van der Waals surface area contributed by atoms with Crippen molar-refractivity contribution in [2.75, 3.05) is 17.7 Å². The zero-order chi connectivity index (χ0) is 19.2. The lowest BCUT2D eigenvalue weighted by Crippen LogP contribution is -2.15. The highest BCUT2D eigenvalue weighted by molar-refractivity contribution is 6.32. The van der Waals surface area contributed by atoms with Gasteiger partial charge in [-0.25, -0.2) is 9.37 Å². The number of halogens is 2. The first-order valence-corrected chi connectivity index (χ1v) is 8.52. The Morgan fingerprint density at radius 2 is 1.96 bits per heavy atom. The van der Waals surface area contributed by atoms with Crippen LogP contribution in [0, 0.1) is 5.82 Å². The van der Waals surface area contributed by atoms with E-state index in [1.807, 2.05) is 6.07 Å². The number of carbonyl (C=O) groups excluding carboxylic acids is 1. The van der Waals surface area contributed by atoms with E-state index in [4.69, 9.17) is 16.3 Å². The number of hydrogen-bond donors (Lipinski definition) is 2. The molecule has 3 rings (SSSR count). The van der Waals surface area contributed by atoms with Crippen molar-refractivity contribution in [1.82, 2.24) is 4.98 Å². The number of hydrogen-bond acceptors (Lipinski definition) is 4. The maximum atomic E-state index is 13.2. The van der Waals surface area contributed by atoms with Crippen molar-refractivity contribution >= 4 is 34.7 Å². The van der Waals surface area contributed by atoms with E-state index in [0.29, 0.717) is 22.2 Å².